The number of para-hydroxylation sites is 2. The molecule has 2 aromatic carbocycles. The number of anilines is 1. The number of fused-ring (bicyclic) bond motifs is 2. The van der Waals surface area contributed by atoms with Gasteiger partial charge in [0.1, 0.15) is 10.9 Å². The van der Waals surface area contributed by atoms with Gasteiger partial charge in [0.15, 0.2) is 0 Å². The zero-order valence-corrected chi connectivity index (χ0v) is 28.2. The number of likely N-dealkylation sites (tertiary alicyclic amines) is 1. The molecule has 5 rings (SSSR count). The van der Waals surface area contributed by atoms with Crippen molar-refractivity contribution >= 4 is 49.2 Å². The van der Waals surface area contributed by atoms with Crippen LogP contribution < -0.4 is 20.7 Å². The first-order valence-electron chi connectivity index (χ1n) is 16.1. The van der Waals surface area contributed by atoms with Crippen LogP contribution in [0.4, 0.5) is 10.5 Å². The van der Waals surface area contributed by atoms with E-state index in [2.05, 4.69) is 41.4 Å². The van der Waals surface area contributed by atoms with Crippen molar-refractivity contribution in [2.24, 2.45) is 11.3 Å². The summed E-state index contributed by atoms with van der Waals surface area (Å²) in [5, 5.41) is 9.86. The minimum Gasteiger partial charge on any atom is -0.383 e. The molecule has 0 unspecified atom stereocenters. The molecule has 2 aliphatic rings. The number of aromatic nitrogens is 1. The Hall–Kier alpha value is -3.22. The van der Waals surface area contributed by atoms with Gasteiger partial charge in [-0.15, -0.1) is 11.3 Å². The smallest absolute Gasteiger partial charge is 0.314 e. The third-order valence-electron chi connectivity index (χ3n) is 8.71. The number of piperidine rings is 1. The van der Waals surface area contributed by atoms with E-state index in [1.807, 2.05) is 30.3 Å². The van der Waals surface area contributed by atoms with Gasteiger partial charge < -0.3 is 20.9 Å². The lowest BCUT2D eigenvalue weighted by molar-refractivity contribution is -0.134. The Morgan fingerprint density at radius 1 is 1.09 bits per heavy atom. The Balaban J connectivity index is 1.28. The van der Waals surface area contributed by atoms with Crippen LogP contribution >= 0.6 is 11.3 Å². The van der Waals surface area contributed by atoms with E-state index in [1.54, 1.807) is 17.0 Å². The van der Waals surface area contributed by atoms with Gasteiger partial charge in [-0.2, -0.15) is 4.72 Å². The second kappa shape index (κ2) is 14.5. The van der Waals surface area contributed by atoms with Gasteiger partial charge in [0, 0.05) is 39.1 Å². The standard InChI is InChI=1S/C33H46N6O4S2/c1-4-5-16-34-32(41)35-17-13-23-14-18-39(19-15-23)31(40)26(20-29-37-25-10-6-7-11-27(25)44-29)38-45(42,43)28-12-8-9-24-21-33(2,3)22-36-30(24)28/h6-12,23,26,36,38H,4-5,13-22H2,1-3H3,(H2,34,35,41)/t26-/m0/s1. The molecule has 3 heterocycles. The maximum Gasteiger partial charge on any atom is 0.314 e. The SMILES string of the molecule is CCCCNC(=O)NCCC1CCN(C(=O)[C@H](Cc2nc3ccccc3s2)NS(=O)(=O)c2cccc3c2NCC(C)(C)C3)CC1. The lowest BCUT2D eigenvalue weighted by Crippen LogP contribution is -2.51. The molecule has 0 radical (unpaired) electrons. The third-order valence-corrected chi connectivity index (χ3v) is 11.3. The highest BCUT2D eigenvalue weighted by atomic mass is 32.2. The lowest BCUT2D eigenvalue weighted by Gasteiger charge is -2.35. The molecule has 0 aliphatic carbocycles. The number of nitrogens with one attached hydrogen (secondary N) is 4. The van der Waals surface area contributed by atoms with Gasteiger partial charge in [0.25, 0.3) is 0 Å². The molecule has 244 valence electrons. The summed E-state index contributed by atoms with van der Waals surface area (Å²) in [6, 6.07) is 12.0. The summed E-state index contributed by atoms with van der Waals surface area (Å²) in [7, 11) is -4.04. The molecule has 4 N–H and O–H groups in total. The molecule has 2 aliphatic heterocycles. The highest BCUT2D eigenvalue weighted by Crippen LogP contribution is 2.36. The van der Waals surface area contributed by atoms with E-state index in [4.69, 9.17) is 4.98 Å². The summed E-state index contributed by atoms with van der Waals surface area (Å²) in [6.07, 6.45) is 5.37. The van der Waals surface area contributed by atoms with Crippen LogP contribution in [-0.4, -0.2) is 69.0 Å². The second-order valence-electron chi connectivity index (χ2n) is 13.0. The van der Waals surface area contributed by atoms with Crippen molar-refractivity contribution in [3.63, 3.8) is 0 Å². The lowest BCUT2D eigenvalue weighted by atomic mass is 9.82. The highest BCUT2D eigenvalue weighted by Gasteiger charge is 2.35. The van der Waals surface area contributed by atoms with Gasteiger partial charge in [-0.05, 0) is 67.2 Å². The monoisotopic (exact) mass is 654 g/mol. The van der Waals surface area contributed by atoms with Crippen LogP contribution in [0.5, 0.6) is 0 Å². The fourth-order valence-corrected chi connectivity index (χ4v) is 8.59. The van der Waals surface area contributed by atoms with Crippen molar-refractivity contribution in [3.05, 3.63) is 53.0 Å². The molecule has 1 aromatic heterocycles. The van der Waals surface area contributed by atoms with Crippen LogP contribution in [-0.2, 0) is 27.7 Å². The first kappa shape index (κ1) is 33.2. The highest BCUT2D eigenvalue weighted by molar-refractivity contribution is 7.89. The Morgan fingerprint density at radius 3 is 2.60 bits per heavy atom. The van der Waals surface area contributed by atoms with E-state index >= 15 is 0 Å². The Labute approximate surface area is 270 Å². The average Bonchev–Trinajstić information content (AvgIpc) is 3.42. The molecular weight excluding hydrogens is 609 g/mol. The van der Waals surface area contributed by atoms with Gasteiger partial charge in [0.2, 0.25) is 15.9 Å². The third kappa shape index (κ3) is 8.53. The van der Waals surface area contributed by atoms with Crippen molar-refractivity contribution in [2.45, 2.75) is 76.7 Å². The molecule has 10 nitrogen and oxygen atoms in total. The van der Waals surface area contributed by atoms with Crippen molar-refractivity contribution in [1.29, 1.82) is 0 Å². The second-order valence-corrected chi connectivity index (χ2v) is 15.8. The average molecular weight is 655 g/mol. The zero-order valence-electron chi connectivity index (χ0n) is 26.5. The normalized spacial score (nSPS) is 17.4. The van der Waals surface area contributed by atoms with Crippen LogP contribution in [0.25, 0.3) is 10.2 Å². The van der Waals surface area contributed by atoms with Gasteiger partial charge in [0.05, 0.1) is 20.9 Å². The van der Waals surface area contributed by atoms with E-state index in [1.165, 1.54) is 11.3 Å². The summed E-state index contributed by atoms with van der Waals surface area (Å²) in [5.41, 5.74) is 2.42. The van der Waals surface area contributed by atoms with Crippen LogP contribution in [0, 0.1) is 11.3 Å². The first-order valence-corrected chi connectivity index (χ1v) is 18.4. The molecule has 12 heteroatoms. The maximum absolute atomic E-state index is 14.0. The summed E-state index contributed by atoms with van der Waals surface area (Å²) < 4.78 is 31.7. The molecule has 3 amide bonds. The van der Waals surface area contributed by atoms with Crippen LogP contribution in [0.3, 0.4) is 0 Å². The number of thiazole rings is 1. The molecule has 0 spiro atoms. The number of hydrogen-bond acceptors (Lipinski definition) is 7. The topological polar surface area (TPSA) is 133 Å². The van der Waals surface area contributed by atoms with Crippen LogP contribution in [0.1, 0.15) is 63.4 Å². The molecular formula is C33H46N6O4S2. The minimum absolute atomic E-state index is 0.0113. The zero-order chi connectivity index (χ0) is 32.0. The number of benzene rings is 2. The van der Waals surface area contributed by atoms with E-state index in [-0.39, 0.29) is 28.7 Å². The van der Waals surface area contributed by atoms with Gasteiger partial charge >= 0.3 is 6.03 Å². The number of carbonyl (C=O) groups is 2. The summed E-state index contributed by atoms with van der Waals surface area (Å²) in [6.45, 7) is 9.40. The molecule has 0 bridgehead atoms. The minimum atomic E-state index is -4.04. The number of unbranched alkanes of at least 4 members (excludes halogenated alkanes) is 1. The summed E-state index contributed by atoms with van der Waals surface area (Å²) in [4.78, 5) is 32.7. The predicted octanol–water partition coefficient (Wildman–Crippen LogP) is 4.91. The number of rotatable bonds is 12. The van der Waals surface area contributed by atoms with E-state index in [0.29, 0.717) is 49.3 Å². The van der Waals surface area contributed by atoms with Crippen LogP contribution in [0.2, 0.25) is 0 Å². The fraction of sp³-hybridized carbons (Fsp3) is 0.545. The number of nitrogens with zero attached hydrogens (tertiary/aromatic N) is 2. The molecule has 45 heavy (non-hydrogen) atoms. The van der Waals surface area contributed by atoms with Crippen molar-refractivity contribution < 1.29 is 18.0 Å². The number of hydrogen-bond donors (Lipinski definition) is 4. The summed E-state index contributed by atoms with van der Waals surface area (Å²) in [5.74, 6) is 0.152. The molecule has 1 fully saturated rings. The fourth-order valence-electron chi connectivity index (χ4n) is 6.16. The van der Waals surface area contributed by atoms with E-state index < -0.39 is 16.1 Å². The van der Waals surface area contributed by atoms with Gasteiger partial charge in [-0.3, -0.25) is 4.79 Å². The maximum atomic E-state index is 14.0. The van der Waals surface area contributed by atoms with E-state index in [0.717, 1.165) is 54.3 Å². The number of sulfonamides is 1. The van der Waals surface area contributed by atoms with Crippen molar-refractivity contribution in [2.75, 3.05) is 38.0 Å². The molecule has 1 atom stereocenters. The first-order chi connectivity index (χ1) is 21.5. The molecule has 0 saturated carbocycles. The Bertz CT molecular complexity index is 1560. The number of carbonyl (C=O) groups excluding carboxylic acids is 2. The predicted molar refractivity (Wildman–Crippen MR) is 180 cm³/mol. The molecule has 3 aromatic rings. The largest absolute Gasteiger partial charge is 0.383 e. The molecule has 1 saturated heterocycles. The van der Waals surface area contributed by atoms with Crippen molar-refractivity contribution in [1.82, 2.24) is 25.2 Å². The van der Waals surface area contributed by atoms with E-state index in [9.17, 15) is 18.0 Å². The Kier molecular flexibility index (Phi) is 10.7. The quantitative estimate of drug-likeness (QED) is 0.205. The van der Waals surface area contributed by atoms with Gasteiger partial charge in [-0.1, -0.05) is 51.5 Å². The van der Waals surface area contributed by atoms with Crippen molar-refractivity contribution in [3.8, 4) is 0 Å². The van der Waals surface area contributed by atoms with Gasteiger partial charge in [-0.25, -0.2) is 18.2 Å². The van der Waals surface area contributed by atoms with Crippen LogP contribution in [0.15, 0.2) is 47.4 Å². The Morgan fingerprint density at radius 2 is 1.84 bits per heavy atom. The summed E-state index contributed by atoms with van der Waals surface area (Å²) >= 11 is 1.48. The number of amides is 3. The number of urea groups is 1.